The number of imidazole rings is 1. The van der Waals surface area contributed by atoms with Gasteiger partial charge in [0.05, 0.1) is 17.6 Å². The largest absolute Gasteiger partial charge is 0.493 e. The smallest absolute Gasteiger partial charge is 0.326 e. The average Bonchev–Trinajstić information content (AvgIpc) is 2.90. The number of hydrogen-bond acceptors (Lipinski definition) is 3. The molecular weight excluding hydrogens is 308 g/mol. The first-order chi connectivity index (χ1) is 11.3. The lowest BCUT2D eigenvalue weighted by atomic mass is 10.3. The first-order valence-corrected chi connectivity index (χ1v) is 8.93. The van der Waals surface area contributed by atoms with Crippen LogP contribution in [0, 0.1) is 0 Å². The van der Waals surface area contributed by atoms with Crippen LogP contribution in [-0.2, 0) is 6.54 Å². The minimum absolute atomic E-state index is 0.0244. The van der Waals surface area contributed by atoms with E-state index in [9.17, 15) is 4.79 Å². The van der Waals surface area contributed by atoms with Crippen LogP contribution < -0.4 is 10.4 Å². The van der Waals surface area contributed by atoms with Crippen molar-refractivity contribution in [2.75, 3.05) is 18.1 Å². The predicted octanol–water partition coefficient (Wildman–Crippen LogP) is 3.53. The topological polar surface area (TPSA) is 47.0 Å². The predicted molar refractivity (Wildman–Crippen MR) is 96.4 cm³/mol. The van der Waals surface area contributed by atoms with Crippen molar-refractivity contribution in [3.05, 3.63) is 65.1 Å². The summed E-state index contributed by atoms with van der Waals surface area (Å²) < 4.78 is 7.47. The van der Waals surface area contributed by atoms with Crippen molar-refractivity contribution in [1.29, 1.82) is 0 Å². The molecule has 1 heterocycles. The zero-order chi connectivity index (χ0) is 15.9. The lowest BCUT2D eigenvalue weighted by Gasteiger charge is -2.06. The first-order valence-electron chi connectivity index (χ1n) is 7.78. The van der Waals surface area contributed by atoms with Crippen LogP contribution in [0.15, 0.2) is 59.4 Å². The molecule has 1 aromatic heterocycles. The number of H-pyrrole nitrogens is 1. The van der Waals surface area contributed by atoms with Gasteiger partial charge < -0.3 is 9.72 Å². The van der Waals surface area contributed by atoms with Gasteiger partial charge in [0.15, 0.2) is 0 Å². The van der Waals surface area contributed by atoms with Gasteiger partial charge in [0.1, 0.15) is 5.75 Å². The van der Waals surface area contributed by atoms with Crippen molar-refractivity contribution in [3.8, 4) is 5.75 Å². The number of thioether (sulfide) groups is 1. The van der Waals surface area contributed by atoms with Gasteiger partial charge in [-0.3, -0.25) is 4.57 Å². The number of aromatic amines is 1. The van der Waals surface area contributed by atoms with Gasteiger partial charge in [-0.05, 0) is 36.4 Å². The Balaban J connectivity index is 1.38. The Morgan fingerprint density at radius 2 is 1.78 bits per heavy atom. The molecule has 0 aliphatic rings. The number of nitrogens with zero attached hydrogens (tertiary/aromatic N) is 1. The average molecular weight is 328 g/mol. The Morgan fingerprint density at radius 1 is 1.00 bits per heavy atom. The molecule has 0 radical (unpaired) electrons. The van der Waals surface area contributed by atoms with E-state index in [-0.39, 0.29) is 5.69 Å². The van der Waals surface area contributed by atoms with E-state index in [1.807, 2.05) is 70.9 Å². The van der Waals surface area contributed by atoms with Crippen molar-refractivity contribution in [2.24, 2.45) is 0 Å². The van der Waals surface area contributed by atoms with E-state index in [1.165, 1.54) is 0 Å². The molecule has 0 aliphatic heterocycles. The van der Waals surface area contributed by atoms with Crippen LogP contribution >= 0.6 is 11.8 Å². The van der Waals surface area contributed by atoms with Gasteiger partial charge >= 0.3 is 5.69 Å². The molecule has 0 bridgehead atoms. The van der Waals surface area contributed by atoms with Crippen LogP contribution in [-0.4, -0.2) is 27.7 Å². The van der Waals surface area contributed by atoms with Gasteiger partial charge in [-0.2, -0.15) is 11.8 Å². The molecule has 0 spiro atoms. The minimum atomic E-state index is -0.0244. The number of ether oxygens (including phenoxy) is 1. The third kappa shape index (κ3) is 4.20. The normalized spacial score (nSPS) is 11.0. The highest BCUT2D eigenvalue weighted by molar-refractivity contribution is 7.99. The highest BCUT2D eigenvalue weighted by atomic mass is 32.2. The number of fused-ring (bicyclic) bond motifs is 1. The van der Waals surface area contributed by atoms with Gasteiger partial charge in [0.25, 0.3) is 0 Å². The summed E-state index contributed by atoms with van der Waals surface area (Å²) >= 11 is 1.86. The van der Waals surface area contributed by atoms with Crippen molar-refractivity contribution in [1.82, 2.24) is 9.55 Å². The molecule has 23 heavy (non-hydrogen) atoms. The molecule has 0 saturated heterocycles. The minimum Gasteiger partial charge on any atom is -0.493 e. The monoisotopic (exact) mass is 328 g/mol. The molecule has 3 rings (SSSR count). The van der Waals surface area contributed by atoms with E-state index in [1.54, 1.807) is 0 Å². The quantitative estimate of drug-likeness (QED) is 0.644. The number of aryl methyl sites for hydroxylation is 1. The van der Waals surface area contributed by atoms with Crippen LogP contribution in [0.4, 0.5) is 0 Å². The zero-order valence-corrected chi connectivity index (χ0v) is 13.7. The second-order valence-electron chi connectivity index (χ2n) is 5.23. The molecule has 4 nitrogen and oxygen atoms in total. The van der Waals surface area contributed by atoms with Crippen molar-refractivity contribution < 1.29 is 4.74 Å². The third-order valence-corrected chi connectivity index (χ3v) is 4.62. The molecular formula is C18H20N2O2S. The number of rotatable bonds is 8. The van der Waals surface area contributed by atoms with E-state index < -0.39 is 0 Å². The third-order valence-electron chi connectivity index (χ3n) is 3.59. The maximum Gasteiger partial charge on any atom is 0.326 e. The van der Waals surface area contributed by atoms with E-state index in [0.29, 0.717) is 6.61 Å². The van der Waals surface area contributed by atoms with E-state index >= 15 is 0 Å². The van der Waals surface area contributed by atoms with Gasteiger partial charge in [0.2, 0.25) is 0 Å². The first kappa shape index (κ1) is 15.7. The summed E-state index contributed by atoms with van der Waals surface area (Å²) in [6.07, 6.45) is 0.970. The number of para-hydroxylation sites is 3. The Morgan fingerprint density at radius 3 is 2.65 bits per heavy atom. The molecule has 0 aliphatic carbocycles. The molecule has 0 saturated carbocycles. The molecule has 0 atom stereocenters. The summed E-state index contributed by atoms with van der Waals surface area (Å²) in [7, 11) is 0. The van der Waals surface area contributed by atoms with Crippen LogP contribution in [0.2, 0.25) is 0 Å². The van der Waals surface area contributed by atoms with Crippen molar-refractivity contribution >= 4 is 22.8 Å². The number of hydrogen-bond donors (Lipinski definition) is 1. The Hall–Kier alpha value is -2.14. The maximum atomic E-state index is 11.9. The molecule has 0 unspecified atom stereocenters. The SMILES string of the molecule is O=c1[nH]c2ccccc2n1CCCSCCOc1ccccc1. The molecule has 5 heteroatoms. The van der Waals surface area contributed by atoms with E-state index in [0.717, 1.165) is 41.3 Å². The Kier molecular flexibility index (Phi) is 5.42. The fraction of sp³-hybridized carbons (Fsp3) is 0.278. The second-order valence-corrected chi connectivity index (χ2v) is 6.45. The summed E-state index contributed by atoms with van der Waals surface area (Å²) in [5.41, 5.74) is 1.86. The Labute approximate surface area is 139 Å². The molecule has 0 fully saturated rings. The summed E-state index contributed by atoms with van der Waals surface area (Å²) in [5, 5.41) is 0. The van der Waals surface area contributed by atoms with Gasteiger partial charge in [-0.1, -0.05) is 30.3 Å². The van der Waals surface area contributed by atoms with E-state index in [2.05, 4.69) is 4.98 Å². The lowest BCUT2D eigenvalue weighted by Crippen LogP contribution is -2.17. The molecule has 3 aromatic rings. The zero-order valence-electron chi connectivity index (χ0n) is 12.9. The molecule has 1 N–H and O–H groups in total. The summed E-state index contributed by atoms with van der Waals surface area (Å²) in [5.74, 6) is 2.89. The highest BCUT2D eigenvalue weighted by Crippen LogP contribution is 2.12. The van der Waals surface area contributed by atoms with Gasteiger partial charge in [-0.15, -0.1) is 0 Å². The van der Waals surface area contributed by atoms with Gasteiger partial charge in [0, 0.05) is 12.3 Å². The van der Waals surface area contributed by atoms with Crippen LogP contribution in [0.25, 0.3) is 11.0 Å². The fourth-order valence-electron chi connectivity index (χ4n) is 2.49. The summed E-state index contributed by atoms with van der Waals surface area (Å²) in [4.78, 5) is 14.8. The van der Waals surface area contributed by atoms with Crippen LogP contribution in [0.3, 0.4) is 0 Å². The Bertz CT molecular complexity index is 795. The maximum absolute atomic E-state index is 11.9. The summed E-state index contributed by atoms with van der Waals surface area (Å²) in [6, 6.07) is 17.7. The standard InChI is InChI=1S/C18H20N2O2S/c21-18-19-16-9-4-5-10-17(16)20(18)11-6-13-23-14-12-22-15-7-2-1-3-8-15/h1-5,7-10H,6,11-14H2,(H,19,21). The molecule has 120 valence electrons. The van der Waals surface area contributed by atoms with E-state index in [4.69, 9.17) is 4.74 Å². The van der Waals surface area contributed by atoms with Gasteiger partial charge in [-0.25, -0.2) is 4.79 Å². The van der Waals surface area contributed by atoms with Crippen LogP contribution in [0.5, 0.6) is 5.75 Å². The molecule has 2 aromatic carbocycles. The number of nitrogens with one attached hydrogen (secondary N) is 1. The van der Waals surface area contributed by atoms with Crippen molar-refractivity contribution in [2.45, 2.75) is 13.0 Å². The molecule has 0 amide bonds. The highest BCUT2D eigenvalue weighted by Gasteiger charge is 2.04. The number of benzene rings is 2. The second kappa shape index (κ2) is 7.92. The van der Waals surface area contributed by atoms with Crippen molar-refractivity contribution in [3.63, 3.8) is 0 Å². The fourth-order valence-corrected chi connectivity index (χ4v) is 3.23. The lowest BCUT2D eigenvalue weighted by molar-refractivity contribution is 0.344. The summed E-state index contributed by atoms with van der Waals surface area (Å²) in [6.45, 7) is 1.46. The van der Waals surface area contributed by atoms with Crippen LogP contribution in [0.1, 0.15) is 6.42 Å². The number of aromatic nitrogens is 2.